The number of nitrogens with zero attached hydrogens (tertiary/aromatic N) is 2. The van der Waals surface area contributed by atoms with Crippen molar-refractivity contribution in [3.8, 4) is 0 Å². The number of hydrogen-bond donors (Lipinski definition) is 0. The van der Waals surface area contributed by atoms with Crippen LogP contribution in [0.3, 0.4) is 0 Å². The summed E-state index contributed by atoms with van der Waals surface area (Å²) in [5.74, 6) is -0.140. The molecule has 2 heterocycles. The molecule has 0 aliphatic carbocycles. The van der Waals surface area contributed by atoms with E-state index in [-0.39, 0.29) is 23.9 Å². The molecule has 0 amide bonds. The van der Waals surface area contributed by atoms with Crippen molar-refractivity contribution in [1.29, 1.82) is 0 Å². The minimum atomic E-state index is -0.342. The molecule has 0 radical (unpaired) electrons. The van der Waals surface area contributed by atoms with Crippen LogP contribution in [0.15, 0.2) is 50.7 Å². The Bertz CT molecular complexity index is 1080. The topological polar surface area (TPSA) is 60.7 Å². The second-order valence-electron chi connectivity index (χ2n) is 6.34. The molecule has 1 aromatic carbocycles. The molecule has 2 aromatic heterocycles. The second-order valence-corrected chi connectivity index (χ2v) is 8.21. The third kappa shape index (κ3) is 4.78. The van der Waals surface area contributed by atoms with Gasteiger partial charge in [0.25, 0.3) is 5.56 Å². The number of esters is 1. The zero-order valence-electron chi connectivity index (χ0n) is 15.3. The Morgan fingerprint density at radius 1 is 1.19 bits per heavy atom. The lowest BCUT2D eigenvalue weighted by atomic mass is 10.2. The summed E-state index contributed by atoms with van der Waals surface area (Å²) in [5, 5.41) is 0. The maximum atomic E-state index is 12.2. The predicted molar refractivity (Wildman–Crippen MR) is 110 cm³/mol. The quantitative estimate of drug-likeness (QED) is 0.433. The molecule has 3 aromatic rings. The van der Waals surface area contributed by atoms with Gasteiger partial charge in [-0.1, -0.05) is 22.0 Å². The minimum absolute atomic E-state index is 0.0165. The number of benzene rings is 1. The van der Waals surface area contributed by atoms with Crippen LogP contribution in [0.25, 0.3) is 5.65 Å². The van der Waals surface area contributed by atoms with Gasteiger partial charge in [-0.2, -0.15) is 0 Å². The lowest BCUT2D eigenvalue weighted by molar-refractivity contribution is -0.141. The van der Waals surface area contributed by atoms with E-state index in [9.17, 15) is 9.59 Å². The van der Waals surface area contributed by atoms with E-state index in [1.165, 1.54) is 22.2 Å². The highest BCUT2D eigenvalue weighted by atomic mass is 79.9. The fraction of sp³-hybridized carbons (Fsp3) is 0.250. The van der Waals surface area contributed by atoms with Crippen LogP contribution in [0, 0.1) is 20.8 Å². The van der Waals surface area contributed by atoms with Crippen molar-refractivity contribution in [2.45, 2.75) is 32.3 Å². The van der Waals surface area contributed by atoms with Crippen LogP contribution in [0.1, 0.15) is 22.4 Å². The maximum Gasteiger partial charge on any atom is 0.316 e. The highest BCUT2D eigenvalue weighted by molar-refractivity contribution is 9.10. The molecular weight excluding hydrogens is 428 g/mol. The molecule has 0 atom stereocenters. The van der Waals surface area contributed by atoms with Crippen LogP contribution in [0.5, 0.6) is 0 Å². The predicted octanol–water partition coefficient (Wildman–Crippen LogP) is 4.22. The summed E-state index contributed by atoms with van der Waals surface area (Å²) in [5.41, 5.74) is 3.98. The molecule has 0 saturated carbocycles. The SMILES string of the molecule is Cc1ccc2nc(COC(=O)CSc3cc(C)c(Br)cc3C)cc(=O)n2c1. The maximum absolute atomic E-state index is 12.2. The average molecular weight is 447 g/mol. The molecule has 0 fully saturated rings. The number of ether oxygens (including phenoxy) is 1. The van der Waals surface area contributed by atoms with Crippen molar-refractivity contribution in [1.82, 2.24) is 9.38 Å². The number of halogens is 1. The van der Waals surface area contributed by atoms with E-state index >= 15 is 0 Å². The van der Waals surface area contributed by atoms with Gasteiger partial charge in [0.15, 0.2) is 0 Å². The summed E-state index contributed by atoms with van der Waals surface area (Å²) in [7, 11) is 0. The van der Waals surface area contributed by atoms with Crippen molar-refractivity contribution in [3.05, 3.63) is 73.7 Å². The molecule has 0 spiro atoms. The molecule has 0 saturated heterocycles. The second kappa shape index (κ2) is 8.27. The first-order valence-electron chi connectivity index (χ1n) is 8.37. The molecule has 7 heteroatoms. The number of rotatable bonds is 5. The number of aromatic nitrogens is 2. The molecule has 5 nitrogen and oxygen atoms in total. The summed E-state index contributed by atoms with van der Waals surface area (Å²) < 4.78 is 7.82. The molecule has 0 aliphatic rings. The number of hydrogen-bond acceptors (Lipinski definition) is 5. The highest BCUT2D eigenvalue weighted by Gasteiger charge is 2.10. The molecule has 3 rings (SSSR count). The van der Waals surface area contributed by atoms with Gasteiger partial charge in [0.05, 0.1) is 11.4 Å². The zero-order valence-corrected chi connectivity index (χ0v) is 17.7. The van der Waals surface area contributed by atoms with E-state index in [4.69, 9.17) is 4.74 Å². The number of thioether (sulfide) groups is 1. The van der Waals surface area contributed by atoms with Crippen molar-refractivity contribution in [2.75, 3.05) is 5.75 Å². The number of fused-ring (bicyclic) bond motifs is 1. The Morgan fingerprint density at radius 3 is 2.74 bits per heavy atom. The molecule has 27 heavy (non-hydrogen) atoms. The van der Waals surface area contributed by atoms with Gasteiger partial charge in [-0.15, -0.1) is 11.8 Å². The van der Waals surface area contributed by atoms with E-state index in [1.807, 2.05) is 39.0 Å². The molecule has 0 aliphatic heterocycles. The molecular formula is C20H19BrN2O3S. The third-order valence-corrected chi connectivity index (χ3v) is 6.03. The van der Waals surface area contributed by atoms with Crippen molar-refractivity contribution in [3.63, 3.8) is 0 Å². The van der Waals surface area contributed by atoms with Gasteiger partial charge in [-0.05, 0) is 55.7 Å². The van der Waals surface area contributed by atoms with Crippen LogP contribution in [-0.2, 0) is 16.1 Å². The van der Waals surface area contributed by atoms with Gasteiger partial charge < -0.3 is 4.74 Å². The monoisotopic (exact) mass is 446 g/mol. The summed E-state index contributed by atoms with van der Waals surface area (Å²) in [4.78, 5) is 29.7. The van der Waals surface area contributed by atoms with Crippen molar-refractivity contribution < 1.29 is 9.53 Å². The zero-order chi connectivity index (χ0) is 19.6. The smallest absolute Gasteiger partial charge is 0.316 e. The summed E-state index contributed by atoms with van der Waals surface area (Å²) >= 11 is 4.94. The molecule has 0 bridgehead atoms. The van der Waals surface area contributed by atoms with E-state index in [0.29, 0.717) is 11.3 Å². The van der Waals surface area contributed by atoms with Gasteiger partial charge in [0, 0.05) is 21.6 Å². The fourth-order valence-corrected chi connectivity index (χ4v) is 3.94. The largest absolute Gasteiger partial charge is 0.459 e. The van der Waals surface area contributed by atoms with E-state index in [1.54, 1.807) is 12.3 Å². The number of carbonyl (C=O) groups is 1. The van der Waals surface area contributed by atoms with Crippen LogP contribution in [0.2, 0.25) is 0 Å². The highest BCUT2D eigenvalue weighted by Crippen LogP contribution is 2.28. The lowest BCUT2D eigenvalue weighted by Gasteiger charge is -2.09. The van der Waals surface area contributed by atoms with Crippen LogP contribution < -0.4 is 5.56 Å². The van der Waals surface area contributed by atoms with Gasteiger partial charge in [-0.25, -0.2) is 4.98 Å². The molecule has 0 N–H and O–H groups in total. The Kier molecular flexibility index (Phi) is 6.01. The first-order chi connectivity index (χ1) is 12.8. The van der Waals surface area contributed by atoms with Gasteiger partial charge in [0.1, 0.15) is 12.3 Å². The van der Waals surface area contributed by atoms with Gasteiger partial charge in [-0.3, -0.25) is 14.0 Å². The van der Waals surface area contributed by atoms with Gasteiger partial charge >= 0.3 is 5.97 Å². The fourth-order valence-electron chi connectivity index (χ4n) is 2.57. The van der Waals surface area contributed by atoms with E-state index in [2.05, 4.69) is 20.9 Å². The van der Waals surface area contributed by atoms with Crippen LogP contribution >= 0.6 is 27.7 Å². The molecule has 140 valence electrons. The van der Waals surface area contributed by atoms with E-state index in [0.717, 1.165) is 26.1 Å². The lowest BCUT2D eigenvalue weighted by Crippen LogP contribution is -2.17. The minimum Gasteiger partial charge on any atom is -0.459 e. The normalized spacial score (nSPS) is 11.0. The average Bonchev–Trinajstić information content (AvgIpc) is 2.62. The van der Waals surface area contributed by atoms with Gasteiger partial charge in [0.2, 0.25) is 0 Å². The number of carbonyl (C=O) groups excluding carboxylic acids is 1. The Labute approximate surface area is 169 Å². The number of pyridine rings is 1. The Hall–Kier alpha value is -2.12. The number of aryl methyl sites for hydroxylation is 3. The van der Waals surface area contributed by atoms with E-state index < -0.39 is 0 Å². The van der Waals surface area contributed by atoms with Crippen molar-refractivity contribution in [2.24, 2.45) is 0 Å². The first kappa shape index (κ1) is 19.6. The van der Waals surface area contributed by atoms with Crippen molar-refractivity contribution >= 4 is 39.3 Å². The Balaban J connectivity index is 1.63. The first-order valence-corrected chi connectivity index (χ1v) is 10.2. The Morgan fingerprint density at radius 2 is 1.96 bits per heavy atom. The third-order valence-electron chi connectivity index (χ3n) is 4.04. The summed E-state index contributed by atoms with van der Waals surface area (Å²) in [6.07, 6.45) is 1.74. The van der Waals surface area contributed by atoms with Crippen LogP contribution in [-0.4, -0.2) is 21.1 Å². The molecule has 0 unspecified atom stereocenters. The van der Waals surface area contributed by atoms with Crippen LogP contribution in [0.4, 0.5) is 0 Å². The summed E-state index contributed by atoms with van der Waals surface area (Å²) in [6.45, 7) is 5.91. The standard InChI is InChI=1S/C20H19BrN2O3S/c1-12-4-5-18-22-15(8-19(24)23(18)9-12)10-26-20(25)11-27-17-7-13(2)16(21)6-14(17)3/h4-9H,10-11H2,1-3H3. The summed E-state index contributed by atoms with van der Waals surface area (Å²) in [6, 6.07) is 9.14.